The van der Waals surface area contributed by atoms with Crippen molar-refractivity contribution in [1.82, 2.24) is 5.32 Å². The molecule has 1 N–H and O–H groups in total. The SMILES string of the molecule is CC(C#N)(COCc1ccccc1C#N)NC(=O)c1ccc(OC(F)(F)F)cc1. The van der Waals surface area contributed by atoms with Crippen LogP contribution in [0.3, 0.4) is 0 Å². The lowest BCUT2D eigenvalue weighted by molar-refractivity contribution is -0.274. The van der Waals surface area contributed by atoms with Crippen LogP contribution in [0.25, 0.3) is 0 Å². The number of hydrogen-bond acceptors (Lipinski definition) is 5. The Morgan fingerprint density at radius 1 is 1.10 bits per heavy atom. The van der Waals surface area contributed by atoms with Crippen molar-refractivity contribution < 1.29 is 27.4 Å². The van der Waals surface area contributed by atoms with E-state index in [4.69, 9.17) is 10.00 Å². The zero-order valence-electron chi connectivity index (χ0n) is 15.3. The average Bonchev–Trinajstić information content (AvgIpc) is 2.67. The van der Waals surface area contributed by atoms with Gasteiger partial charge in [-0.15, -0.1) is 13.2 Å². The Morgan fingerprint density at radius 2 is 1.76 bits per heavy atom. The van der Waals surface area contributed by atoms with Crippen LogP contribution in [-0.4, -0.2) is 24.4 Å². The minimum Gasteiger partial charge on any atom is -0.406 e. The van der Waals surface area contributed by atoms with Crippen LogP contribution < -0.4 is 10.1 Å². The van der Waals surface area contributed by atoms with E-state index < -0.39 is 23.6 Å². The topological polar surface area (TPSA) is 95.1 Å². The van der Waals surface area contributed by atoms with Gasteiger partial charge in [0, 0.05) is 5.56 Å². The number of nitrogens with one attached hydrogen (secondary N) is 1. The van der Waals surface area contributed by atoms with Crippen LogP contribution in [0, 0.1) is 22.7 Å². The third-order valence-corrected chi connectivity index (χ3v) is 3.77. The maximum atomic E-state index is 12.3. The van der Waals surface area contributed by atoms with E-state index in [0.29, 0.717) is 11.1 Å². The fourth-order valence-electron chi connectivity index (χ4n) is 2.35. The first-order valence-corrected chi connectivity index (χ1v) is 8.31. The monoisotopic (exact) mass is 403 g/mol. The molecule has 0 saturated heterocycles. The average molecular weight is 403 g/mol. The van der Waals surface area contributed by atoms with E-state index in [1.807, 2.05) is 12.1 Å². The highest BCUT2D eigenvalue weighted by molar-refractivity contribution is 5.95. The Labute approximate surface area is 165 Å². The summed E-state index contributed by atoms with van der Waals surface area (Å²) in [5, 5.41) is 21.0. The van der Waals surface area contributed by atoms with Crippen molar-refractivity contribution in [2.45, 2.75) is 25.4 Å². The molecule has 9 heteroatoms. The number of carbonyl (C=O) groups is 1. The predicted octanol–water partition coefficient (Wildman–Crippen LogP) is 3.69. The van der Waals surface area contributed by atoms with E-state index >= 15 is 0 Å². The molecule has 0 aliphatic heterocycles. The lowest BCUT2D eigenvalue weighted by atomic mass is 10.0. The molecule has 0 aromatic heterocycles. The highest BCUT2D eigenvalue weighted by Crippen LogP contribution is 2.23. The number of rotatable bonds is 7. The van der Waals surface area contributed by atoms with E-state index in [-0.39, 0.29) is 18.8 Å². The Bertz CT molecular complexity index is 946. The molecule has 6 nitrogen and oxygen atoms in total. The van der Waals surface area contributed by atoms with Crippen molar-refractivity contribution in [2.75, 3.05) is 6.61 Å². The molecule has 150 valence electrons. The number of nitrogens with zero attached hydrogens (tertiary/aromatic N) is 2. The molecular weight excluding hydrogens is 387 g/mol. The van der Waals surface area contributed by atoms with Gasteiger partial charge >= 0.3 is 6.36 Å². The maximum Gasteiger partial charge on any atom is 0.573 e. The molecule has 2 aromatic carbocycles. The molecule has 0 aliphatic carbocycles. The highest BCUT2D eigenvalue weighted by Gasteiger charge is 2.31. The number of ether oxygens (including phenoxy) is 2. The van der Waals surface area contributed by atoms with Crippen molar-refractivity contribution in [3.8, 4) is 17.9 Å². The molecule has 29 heavy (non-hydrogen) atoms. The Kier molecular flexibility index (Phi) is 6.81. The number of amides is 1. The van der Waals surface area contributed by atoms with Crippen LogP contribution in [0.5, 0.6) is 5.75 Å². The molecule has 1 atom stereocenters. The molecule has 0 aliphatic rings. The van der Waals surface area contributed by atoms with Crippen molar-refractivity contribution in [3.05, 3.63) is 65.2 Å². The van der Waals surface area contributed by atoms with Crippen molar-refractivity contribution in [3.63, 3.8) is 0 Å². The molecule has 0 heterocycles. The number of alkyl halides is 3. The summed E-state index contributed by atoms with van der Waals surface area (Å²) in [7, 11) is 0. The van der Waals surface area contributed by atoms with Gasteiger partial charge in [-0.1, -0.05) is 18.2 Å². The molecule has 0 fully saturated rings. The van der Waals surface area contributed by atoms with Crippen LogP contribution in [0.15, 0.2) is 48.5 Å². The quantitative estimate of drug-likeness (QED) is 0.761. The summed E-state index contributed by atoms with van der Waals surface area (Å²) >= 11 is 0. The first kappa shape index (κ1) is 21.7. The van der Waals surface area contributed by atoms with E-state index in [9.17, 15) is 23.2 Å². The third kappa shape index (κ3) is 6.52. The first-order chi connectivity index (χ1) is 13.7. The van der Waals surface area contributed by atoms with E-state index in [2.05, 4.69) is 10.1 Å². The number of nitriles is 2. The summed E-state index contributed by atoms with van der Waals surface area (Å²) in [6, 6.07) is 15.1. The largest absolute Gasteiger partial charge is 0.573 e. The second-order valence-electron chi connectivity index (χ2n) is 6.23. The molecule has 2 aromatic rings. The van der Waals surface area contributed by atoms with Crippen LogP contribution in [0.4, 0.5) is 13.2 Å². The molecule has 2 rings (SSSR count). The molecule has 1 unspecified atom stereocenters. The van der Waals surface area contributed by atoms with Gasteiger partial charge in [0.25, 0.3) is 5.91 Å². The number of hydrogen-bond donors (Lipinski definition) is 1. The summed E-state index contributed by atoms with van der Waals surface area (Å²) in [4.78, 5) is 12.3. The molecule has 0 radical (unpaired) electrons. The fourth-order valence-corrected chi connectivity index (χ4v) is 2.35. The zero-order chi connectivity index (χ0) is 21.5. The Balaban J connectivity index is 1.97. The number of carbonyl (C=O) groups excluding carboxylic acids is 1. The summed E-state index contributed by atoms with van der Waals surface area (Å²) in [6.07, 6.45) is -4.83. The van der Waals surface area contributed by atoms with Gasteiger partial charge in [-0.2, -0.15) is 10.5 Å². The molecule has 1 amide bonds. The fraction of sp³-hybridized carbons (Fsp3) is 0.250. The van der Waals surface area contributed by atoms with Gasteiger partial charge in [-0.3, -0.25) is 4.79 Å². The number of benzene rings is 2. The smallest absolute Gasteiger partial charge is 0.406 e. The van der Waals surface area contributed by atoms with Gasteiger partial charge in [-0.25, -0.2) is 0 Å². The van der Waals surface area contributed by atoms with E-state index in [1.54, 1.807) is 24.3 Å². The van der Waals surface area contributed by atoms with Crippen LogP contribution >= 0.6 is 0 Å². The van der Waals surface area contributed by atoms with Crippen molar-refractivity contribution in [1.29, 1.82) is 10.5 Å². The van der Waals surface area contributed by atoms with Crippen LogP contribution in [-0.2, 0) is 11.3 Å². The molecular formula is C20H16F3N3O3. The second-order valence-corrected chi connectivity index (χ2v) is 6.23. The lowest BCUT2D eigenvalue weighted by Crippen LogP contribution is -2.48. The summed E-state index contributed by atoms with van der Waals surface area (Å²) in [5.74, 6) is -1.12. The minimum atomic E-state index is -4.83. The summed E-state index contributed by atoms with van der Waals surface area (Å²) in [6.45, 7) is 1.35. The van der Waals surface area contributed by atoms with Gasteiger partial charge in [0.15, 0.2) is 0 Å². The van der Waals surface area contributed by atoms with Gasteiger partial charge in [0.05, 0.1) is 30.9 Å². The minimum absolute atomic E-state index is 0.0517. The zero-order valence-corrected chi connectivity index (χ0v) is 15.3. The highest BCUT2D eigenvalue weighted by atomic mass is 19.4. The number of halogens is 3. The van der Waals surface area contributed by atoms with Crippen LogP contribution in [0.1, 0.15) is 28.4 Å². The molecule has 0 saturated carbocycles. The Morgan fingerprint density at radius 3 is 2.34 bits per heavy atom. The molecule has 0 spiro atoms. The van der Waals surface area contributed by atoms with Gasteiger partial charge in [0.2, 0.25) is 0 Å². The lowest BCUT2D eigenvalue weighted by Gasteiger charge is -2.23. The summed E-state index contributed by atoms with van der Waals surface area (Å²) in [5.41, 5.74) is -0.256. The van der Waals surface area contributed by atoms with Crippen molar-refractivity contribution in [2.24, 2.45) is 0 Å². The first-order valence-electron chi connectivity index (χ1n) is 8.31. The van der Waals surface area contributed by atoms with Gasteiger partial charge < -0.3 is 14.8 Å². The van der Waals surface area contributed by atoms with E-state index in [1.165, 1.54) is 6.92 Å². The van der Waals surface area contributed by atoms with Gasteiger partial charge in [-0.05, 0) is 42.8 Å². The van der Waals surface area contributed by atoms with E-state index in [0.717, 1.165) is 24.3 Å². The molecule has 0 bridgehead atoms. The normalized spacial score (nSPS) is 12.9. The second kappa shape index (κ2) is 9.09. The maximum absolute atomic E-state index is 12.3. The predicted molar refractivity (Wildman–Crippen MR) is 95.4 cm³/mol. The Hall–Kier alpha value is -3.56. The third-order valence-electron chi connectivity index (χ3n) is 3.77. The van der Waals surface area contributed by atoms with Gasteiger partial charge in [0.1, 0.15) is 11.3 Å². The van der Waals surface area contributed by atoms with Crippen LogP contribution in [0.2, 0.25) is 0 Å². The summed E-state index contributed by atoms with van der Waals surface area (Å²) < 4.78 is 45.8. The van der Waals surface area contributed by atoms with Crippen molar-refractivity contribution >= 4 is 5.91 Å². The standard InChI is InChI=1S/C20H16F3N3O3/c1-19(12-25,13-28-11-16-5-3-2-4-15(16)10-24)26-18(27)14-6-8-17(9-7-14)29-20(21,22)23/h2-9H,11,13H2,1H3,(H,26,27).